The van der Waals surface area contributed by atoms with Gasteiger partial charge in [0.15, 0.2) is 0 Å². The van der Waals surface area contributed by atoms with Gasteiger partial charge in [0.1, 0.15) is 0 Å². The Morgan fingerprint density at radius 2 is 1.77 bits per heavy atom. The fraction of sp³-hybridized carbons (Fsp3) is 0.417. The summed E-state index contributed by atoms with van der Waals surface area (Å²) >= 11 is 0. The third-order valence-corrected chi connectivity index (χ3v) is 2.09. The lowest BCUT2D eigenvalue weighted by Gasteiger charge is -2.08. The van der Waals surface area contributed by atoms with Gasteiger partial charge in [0, 0.05) is 0 Å². The average Bonchev–Trinajstić information content (AvgIpc) is 2.08. The summed E-state index contributed by atoms with van der Waals surface area (Å²) in [5.41, 5.74) is 2.51. The van der Waals surface area contributed by atoms with Crippen molar-refractivity contribution in [2.45, 2.75) is 12.8 Å². The molecule has 1 aromatic rings. The number of aryl methyl sites for hydroxylation is 1. The minimum absolute atomic E-state index is 1.09. The summed E-state index contributed by atoms with van der Waals surface area (Å²) < 4.78 is 0. The molecule has 13 heavy (non-hydrogen) atoms. The number of rotatable bonds is 4. The molecule has 0 unspecified atom stereocenters. The van der Waals surface area contributed by atoms with Gasteiger partial charge in [-0.05, 0) is 51.5 Å². The topological polar surface area (TPSA) is 3.24 Å². The second-order valence-corrected chi connectivity index (χ2v) is 3.72. The van der Waals surface area contributed by atoms with Crippen LogP contribution in [0.3, 0.4) is 0 Å². The van der Waals surface area contributed by atoms with Crippen LogP contribution in [0, 0.1) is 6.92 Å². The van der Waals surface area contributed by atoms with Gasteiger partial charge < -0.3 is 4.90 Å². The first-order valence-electron chi connectivity index (χ1n) is 4.74. The van der Waals surface area contributed by atoms with E-state index in [1.165, 1.54) is 18.4 Å². The SMILES string of the molecule is [CH2]c1ccc(CCCN(C)C)cc1. The van der Waals surface area contributed by atoms with Gasteiger partial charge in [0.25, 0.3) is 0 Å². The van der Waals surface area contributed by atoms with E-state index in [0.29, 0.717) is 0 Å². The zero-order chi connectivity index (χ0) is 9.68. The maximum Gasteiger partial charge on any atom is -0.00217 e. The molecule has 71 valence electrons. The van der Waals surface area contributed by atoms with Crippen LogP contribution in [0.1, 0.15) is 17.5 Å². The maximum absolute atomic E-state index is 3.86. The summed E-state index contributed by atoms with van der Waals surface area (Å²) in [6, 6.07) is 8.48. The van der Waals surface area contributed by atoms with Crippen molar-refractivity contribution < 1.29 is 0 Å². The van der Waals surface area contributed by atoms with Gasteiger partial charge in [0.05, 0.1) is 0 Å². The Bertz CT molecular complexity index is 236. The van der Waals surface area contributed by atoms with Crippen LogP contribution >= 0.6 is 0 Å². The maximum atomic E-state index is 3.86. The number of nitrogens with zero attached hydrogens (tertiary/aromatic N) is 1. The van der Waals surface area contributed by atoms with Crippen LogP contribution in [0.2, 0.25) is 0 Å². The van der Waals surface area contributed by atoms with E-state index >= 15 is 0 Å². The summed E-state index contributed by atoms with van der Waals surface area (Å²) in [6.45, 7) is 5.02. The van der Waals surface area contributed by atoms with Gasteiger partial charge in [-0.15, -0.1) is 0 Å². The molecule has 0 aliphatic rings. The van der Waals surface area contributed by atoms with Crippen molar-refractivity contribution in [1.82, 2.24) is 4.90 Å². The molecule has 1 aromatic carbocycles. The standard InChI is InChI=1S/C12H18N/c1-11-6-8-12(9-7-11)5-4-10-13(2)3/h6-9H,1,4-5,10H2,2-3H3. The summed E-state index contributed by atoms with van der Waals surface area (Å²) in [6.07, 6.45) is 2.39. The quantitative estimate of drug-likeness (QED) is 0.680. The zero-order valence-electron chi connectivity index (χ0n) is 8.59. The highest BCUT2D eigenvalue weighted by Crippen LogP contribution is 2.05. The van der Waals surface area contributed by atoms with Crippen molar-refractivity contribution in [2.75, 3.05) is 20.6 Å². The molecule has 0 atom stereocenters. The molecule has 0 aliphatic carbocycles. The van der Waals surface area contributed by atoms with E-state index in [0.717, 1.165) is 12.1 Å². The lowest BCUT2D eigenvalue weighted by Crippen LogP contribution is -2.13. The first-order valence-corrected chi connectivity index (χ1v) is 4.74. The van der Waals surface area contributed by atoms with Crippen LogP contribution in [0.15, 0.2) is 24.3 Å². The summed E-state index contributed by atoms with van der Waals surface area (Å²) in [5.74, 6) is 0. The molecule has 1 nitrogen and oxygen atoms in total. The fourth-order valence-corrected chi connectivity index (χ4v) is 1.31. The second kappa shape index (κ2) is 5.03. The monoisotopic (exact) mass is 176 g/mol. The zero-order valence-corrected chi connectivity index (χ0v) is 8.59. The largest absolute Gasteiger partial charge is 0.309 e. The summed E-state index contributed by atoms with van der Waals surface area (Å²) in [5, 5.41) is 0. The Hall–Kier alpha value is -0.820. The molecule has 0 aliphatic heterocycles. The van der Waals surface area contributed by atoms with Crippen molar-refractivity contribution in [3.8, 4) is 0 Å². The molecule has 0 heterocycles. The Labute approximate surface area is 81.4 Å². The van der Waals surface area contributed by atoms with Crippen LogP contribution in [-0.4, -0.2) is 25.5 Å². The highest BCUT2D eigenvalue weighted by atomic mass is 15.0. The van der Waals surface area contributed by atoms with Crippen LogP contribution < -0.4 is 0 Å². The van der Waals surface area contributed by atoms with Crippen molar-refractivity contribution >= 4 is 0 Å². The molecular formula is C12H18N. The third-order valence-electron chi connectivity index (χ3n) is 2.09. The van der Waals surface area contributed by atoms with E-state index in [4.69, 9.17) is 0 Å². The molecule has 0 fully saturated rings. The van der Waals surface area contributed by atoms with Gasteiger partial charge in [-0.3, -0.25) is 0 Å². The molecule has 0 amide bonds. The minimum Gasteiger partial charge on any atom is -0.309 e. The number of benzene rings is 1. The third kappa shape index (κ3) is 4.09. The van der Waals surface area contributed by atoms with E-state index < -0.39 is 0 Å². The first-order chi connectivity index (χ1) is 6.18. The first kappa shape index (κ1) is 10.3. The highest BCUT2D eigenvalue weighted by Gasteiger charge is 1.93. The molecule has 0 N–H and O–H groups in total. The lowest BCUT2D eigenvalue weighted by molar-refractivity contribution is 0.400. The molecule has 0 saturated carbocycles. The van der Waals surface area contributed by atoms with E-state index in [2.05, 4.69) is 50.2 Å². The van der Waals surface area contributed by atoms with Gasteiger partial charge in [0.2, 0.25) is 0 Å². The van der Waals surface area contributed by atoms with Crippen LogP contribution in [0.25, 0.3) is 0 Å². The van der Waals surface area contributed by atoms with Crippen LogP contribution in [0.4, 0.5) is 0 Å². The highest BCUT2D eigenvalue weighted by molar-refractivity contribution is 5.24. The molecule has 0 bridgehead atoms. The van der Waals surface area contributed by atoms with E-state index in [-0.39, 0.29) is 0 Å². The minimum atomic E-state index is 1.09. The van der Waals surface area contributed by atoms with E-state index in [1.54, 1.807) is 0 Å². The smallest absolute Gasteiger partial charge is 0.00217 e. The summed E-state index contributed by atoms with van der Waals surface area (Å²) in [7, 11) is 4.22. The van der Waals surface area contributed by atoms with Gasteiger partial charge in [-0.25, -0.2) is 0 Å². The van der Waals surface area contributed by atoms with Crippen molar-refractivity contribution in [2.24, 2.45) is 0 Å². The van der Waals surface area contributed by atoms with Crippen molar-refractivity contribution in [1.29, 1.82) is 0 Å². The average molecular weight is 176 g/mol. The van der Waals surface area contributed by atoms with Crippen LogP contribution in [0.5, 0.6) is 0 Å². The van der Waals surface area contributed by atoms with E-state index in [9.17, 15) is 0 Å². The lowest BCUT2D eigenvalue weighted by atomic mass is 10.1. The van der Waals surface area contributed by atoms with Crippen molar-refractivity contribution in [3.63, 3.8) is 0 Å². The molecular weight excluding hydrogens is 158 g/mol. The van der Waals surface area contributed by atoms with Gasteiger partial charge >= 0.3 is 0 Å². The predicted octanol–water partition coefficient (Wildman–Crippen LogP) is 2.36. The molecule has 1 rings (SSSR count). The Balaban J connectivity index is 2.33. The van der Waals surface area contributed by atoms with Crippen LogP contribution in [-0.2, 0) is 6.42 Å². The normalized spacial score (nSPS) is 10.8. The van der Waals surface area contributed by atoms with Gasteiger partial charge in [-0.2, -0.15) is 0 Å². The Kier molecular flexibility index (Phi) is 3.97. The molecule has 1 radical (unpaired) electrons. The molecule has 0 aromatic heterocycles. The van der Waals surface area contributed by atoms with Gasteiger partial charge in [-0.1, -0.05) is 24.3 Å². The molecule has 1 heteroatoms. The second-order valence-electron chi connectivity index (χ2n) is 3.72. The molecule has 0 spiro atoms. The number of hydrogen-bond donors (Lipinski definition) is 0. The van der Waals surface area contributed by atoms with E-state index in [1.807, 2.05) is 0 Å². The molecule has 0 saturated heterocycles. The summed E-state index contributed by atoms with van der Waals surface area (Å²) in [4.78, 5) is 2.22. The Morgan fingerprint density at radius 1 is 1.15 bits per heavy atom. The predicted molar refractivity (Wildman–Crippen MR) is 57.8 cm³/mol. The number of hydrogen-bond acceptors (Lipinski definition) is 1. The fourth-order valence-electron chi connectivity index (χ4n) is 1.31. The Morgan fingerprint density at radius 3 is 2.31 bits per heavy atom. The van der Waals surface area contributed by atoms with Crippen molar-refractivity contribution in [3.05, 3.63) is 42.3 Å².